The third-order valence-electron chi connectivity index (χ3n) is 2.17. The van der Waals surface area contributed by atoms with Crippen LogP contribution in [-0.4, -0.2) is 18.0 Å². The van der Waals surface area contributed by atoms with Gasteiger partial charge >= 0.3 is 6.18 Å². The third-order valence-corrected chi connectivity index (χ3v) is 2.17. The minimum atomic E-state index is -4.67. The second-order valence-corrected chi connectivity index (χ2v) is 3.33. The second-order valence-electron chi connectivity index (χ2n) is 3.33. The van der Waals surface area contributed by atoms with Gasteiger partial charge in [0.2, 0.25) is 0 Å². The van der Waals surface area contributed by atoms with E-state index in [9.17, 15) is 22.0 Å². The Morgan fingerprint density at radius 2 is 2.00 bits per heavy atom. The average Bonchev–Trinajstić information content (AvgIpc) is 2.24. The number of nitrogens with zero attached hydrogens (tertiary/aromatic N) is 1. The van der Waals surface area contributed by atoms with Crippen LogP contribution in [0.2, 0.25) is 0 Å². The lowest BCUT2D eigenvalue weighted by Crippen LogP contribution is -2.29. The molecular weight excluding hydrogens is 243 g/mol. The molecule has 1 unspecified atom stereocenters. The van der Waals surface area contributed by atoms with Crippen molar-refractivity contribution in [2.24, 2.45) is 0 Å². The zero-order valence-electron chi connectivity index (χ0n) is 8.93. The van der Waals surface area contributed by atoms with Crippen molar-refractivity contribution < 1.29 is 22.0 Å². The van der Waals surface area contributed by atoms with Crippen molar-refractivity contribution >= 4 is 0 Å². The largest absolute Gasteiger partial charge is 0.416 e. The van der Waals surface area contributed by atoms with Gasteiger partial charge in [-0.25, -0.2) is 8.78 Å². The zero-order valence-corrected chi connectivity index (χ0v) is 8.93. The summed E-state index contributed by atoms with van der Waals surface area (Å²) in [7, 11) is 0. The lowest BCUT2D eigenvalue weighted by Gasteiger charge is -2.21. The fourth-order valence-electron chi connectivity index (χ4n) is 1.47. The SMILES string of the molecule is CCNC(c1cnccc1C(F)(F)F)C(F)F. The van der Waals surface area contributed by atoms with Crippen molar-refractivity contribution in [2.75, 3.05) is 6.54 Å². The summed E-state index contributed by atoms with van der Waals surface area (Å²) in [5, 5.41) is 2.32. The number of aromatic nitrogens is 1. The van der Waals surface area contributed by atoms with E-state index < -0.39 is 29.8 Å². The van der Waals surface area contributed by atoms with Crippen LogP contribution in [-0.2, 0) is 6.18 Å². The van der Waals surface area contributed by atoms with Crippen LogP contribution < -0.4 is 5.32 Å². The summed E-state index contributed by atoms with van der Waals surface area (Å²) in [4.78, 5) is 3.47. The highest BCUT2D eigenvalue weighted by molar-refractivity contribution is 5.29. The zero-order chi connectivity index (χ0) is 13.1. The molecule has 0 bridgehead atoms. The van der Waals surface area contributed by atoms with Crippen LogP contribution in [0.1, 0.15) is 24.1 Å². The third kappa shape index (κ3) is 3.36. The monoisotopic (exact) mass is 254 g/mol. The summed E-state index contributed by atoms with van der Waals surface area (Å²) < 4.78 is 63.2. The quantitative estimate of drug-likeness (QED) is 0.835. The fourth-order valence-corrected chi connectivity index (χ4v) is 1.47. The molecule has 0 fully saturated rings. The Morgan fingerprint density at radius 1 is 1.35 bits per heavy atom. The maximum atomic E-state index is 12.7. The summed E-state index contributed by atoms with van der Waals surface area (Å²) in [5.74, 6) is 0. The Bertz CT molecular complexity index is 364. The average molecular weight is 254 g/mol. The first-order chi connectivity index (χ1) is 7.88. The van der Waals surface area contributed by atoms with Crippen LogP contribution in [0.15, 0.2) is 18.5 Å². The summed E-state index contributed by atoms with van der Waals surface area (Å²) >= 11 is 0. The van der Waals surface area contributed by atoms with Gasteiger partial charge in [0.05, 0.1) is 11.6 Å². The minimum absolute atomic E-state index is 0.140. The van der Waals surface area contributed by atoms with E-state index in [1.54, 1.807) is 6.92 Å². The van der Waals surface area contributed by atoms with E-state index in [0.717, 1.165) is 12.4 Å². The molecule has 1 heterocycles. The molecule has 7 heteroatoms. The van der Waals surface area contributed by atoms with Gasteiger partial charge in [-0.3, -0.25) is 4.98 Å². The lowest BCUT2D eigenvalue weighted by molar-refractivity contribution is -0.138. The van der Waals surface area contributed by atoms with Crippen LogP contribution in [0, 0.1) is 0 Å². The molecule has 1 atom stereocenters. The lowest BCUT2D eigenvalue weighted by atomic mass is 10.0. The van der Waals surface area contributed by atoms with E-state index in [-0.39, 0.29) is 6.54 Å². The number of hydrogen-bond acceptors (Lipinski definition) is 2. The highest BCUT2D eigenvalue weighted by Crippen LogP contribution is 2.35. The van der Waals surface area contributed by atoms with Crippen LogP contribution in [0.3, 0.4) is 0 Å². The number of pyridine rings is 1. The van der Waals surface area contributed by atoms with Gasteiger partial charge in [-0.15, -0.1) is 0 Å². The van der Waals surface area contributed by atoms with Gasteiger partial charge in [0, 0.05) is 18.0 Å². The Labute approximate surface area is 94.9 Å². The van der Waals surface area contributed by atoms with E-state index in [1.807, 2.05) is 0 Å². The first-order valence-electron chi connectivity index (χ1n) is 4.90. The maximum Gasteiger partial charge on any atom is 0.416 e. The number of alkyl halides is 5. The van der Waals surface area contributed by atoms with Gasteiger partial charge in [-0.1, -0.05) is 6.92 Å². The Kier molecular flexibility index (Phi) is 4.39. The number of halogens is 5. The van der Waals surface area contributed by atoms with E-state index in [2.05, 4.69) is 10.3 Å². The van der Waals surface area contributed by atoms with E-state index in [1.165, 1.54) is 0 Å². The number of rotatable bonds is 4. The van der Waals surface area contributed by atoms with Crippen LogP contribution >= 0.6 is 0 Å². The molecule has 0 aromatic carbocycles. The van der Waals surface area contributed by atoms with Gasteiger partial charge in [-0.2, -0.15) is 13.2 Å². The van der Waals surface area contributed by atoms with E-state index in [0.29, 0.717) is 6.07 Å². The van der Waals surface area contributed by atoms with Crippen molar-refractivity contribution in [3.8, 4) is 0 Å². The molecular formula is C10H11F5N2. The minimum Gasteiger partial charge on any atom is -0.305 e. The van der Waals surface area contributed by atoms with Crippen LogP contribution in [0.25, 0.3) is 0 Å². The number of hydrogen-bond donors (Lipinski definition) is 1. The van der Waals surface area contributed by atoms with Crippen molar-refractivity contribution in [3.05, 3.63) is 29.6 Å². The molecule has 0 saturated heterocycles. The predicted molar refractivity (Wildman–Crippen MR) is 51.7 cm³/mol. The molecule has 1 N–H and O–H groups in total. The molecule has 0 aliphatic rings. The Balaban J connectivity index is 3.19. The second kappa shape index (κ2) is 5.39. The summed E-state index contributed by atoms with van der Waals surface area (Å²) in [5.41, 5.74) is -1.62. The highest BCUT2D eigenvalue weighted by atomic mass is 19.4. The van der Waals surface area contributed by atoms with Crippen LogP contribution in [0.4, 0.5) is 22.0 Å². The standard InChI is InChI=1S/C10H11F5N2/c1-2-17-8(9(11)12)6-5-16-4-3-7(6)10(13,14)15/h3-5,8-9,17H,2H2,1H3. The molecule has 0 radical (unpaired) electrons. The molecule has 0 aliphatic heterocycles. The van der Waals surface area contributed by atoms with Crippen molar-refractivity contribution in [1.82, 2.24) is 10.3 Å². The van der Waals surface area contributed by atoms with Crippen molar-refractivity contribution in [1.29, 1.82) is 0 Å². The summed E-state index contributed by atoms with van der Waals surface area (Å²) in [6.07, 6.45) is -5.84. The molecule has 1 rings (SSSR count). The molecule has 1 aromatic rings. The molecule has 0 aliphatic carbocycles. The van der Waals surface area contributed by atoms with E-state index in [4.69, 9.17) is 0 Å². The van der Waals surface area contributed by atoms with Gasteiger partial charge in [0.15, 0.2) is 0 Å². The Morgan fingerprint density at radius 3 is 2.47 bits per heavy atom. The predicted octanol–water partition coefficient (Wildman–Crippen LogP) is 3.02. The normalized spacial score (nSPS) is 14.1. The first kappa shape index (κ1) is 13.8. The molecule has 96 valence electrons. The topological polar surface area (TPSA) is 24.9 Å². The Hall–Kier alpha value is -1.24. The summed E-state index contributed by atoms with van der Waals surface area (Å²) in [6, 6.07) is -0.965. The van der Waals surface area contributed by atoms with Gasteiger partial charge in [-0.05, 0) is 12.6 Å². The molecule has 1 aromatic heterocycles. The van der Waals surface area contributed by atoms with Crippen molar-refractivity contribution in [3.63, 3.8) is 0 Å². The van der Waals surface area contributed by atoms with Crippen molar-refractivity contribution in [2.45, 2.75) is 25.6 Å². The van der Waals surface area contributed by atoms with Gasteiger partial charge < -0.3 is 5.32 Å². The molecule has 0 spiro atoms. The van der Waals surface area contributed by atoms with E-state index >= 15 is 0 Å². The fraction of sp³-hybridized carbons (Fsp3) is 0.500. The summed E-state index contributed by atoms with van der Waals surface area (Å²) in [6.45, 7) is 1.68. The number of nitrogens with one attached hydrogen (secondary N) is 1. The van der Waals surface area contributed by atoms with Crippen LogP contribution in [0.5, 0.6) is 0 Å². The molecule has 2 nitrogen and oxygen atoms in total. The smallest absolute Gasteiger partial charge is 0.305 e. The maximum absolute atomic E-state index is 12.7. The first-order valence-corrected chi connectivity index (χ1v) is 4.90. The molecule has 0 amide bonds. The van der Waals surface area contributed by atoms with Gasteiger partial charge in [0.25, 0.3) is 6.43 Å². The molecule has 0 saturated carbocycles. The van der Waals surface area contributed by atoms with Gasteiger partial charge in [0.1, 0.15) is 0 Å². The highest BCUT2D eigenvalue weighted by Gasteiger charge is 2.37. The molecule has 17 heavy (non-hydrogen) atoms.